The molecule has 0 amide bonds. The van der Waals surface area contributed by atoms with Crippen molar-refractivity contribution in [2.75, 3.05) is 21.1 Å². The van der Waals surface area contributed by atoms with Crippen LogP contribution in [0.4, 0.5) is 5.69 Å². The van der Waals surface area contributed by atoms with E-state index in [4.69, 9.17) is 0 Å². The first-order valence-electron chi connectivity index (χ1n) is 5.39. The highest BCUT2D eigenvalue weighted by molar-refractivity contribution is 5.57. The van der Waals surface area contributed by atoms with Crippen molar-refractivity contribution in [3.63, 3.8) is 0 Å². The van der Waals surface area contributed by atoms with Gasteiger partial charge in [0.1, 0.15) is 11.4 Å². The van der Waals surface area contributed by atoms with Crippen LogP contribution in [0.1, 0.15) is 30.9 Å². The van der Waals surface area contributed by atoms with Crippen LogP contribution in [-0.4, -0.2) is 26.2 Å². The molecule has 16 heavy (non-hydrogen) atoms. The summed E-state index contributed by atoms with van der Waals surface area (Å²) in [4.78, 5) is 0. The summed E-state index contributed by atoms with van der Waals surface area (Å²) in [5.41, 5.74) is 3.45. The molecule has 2 nitrogen and oxygen atoms in total. The summed E-state index contributed by atoms with van der Waals surface area (Å²) in [5, 5.41) is 9.73. The Bertz CT molecular complexity index is 367. The lowest BCUT2D eigenvalue weighted by atomic mass is 9.97. The molecule has 0 spiro atoms. The number of benzene rings is 1. The number of hydrogen-bond acceptors (Lipinski definition) is 1. The Morgan fingerprint density at radius 1 is 1.12 bits per heavy atom. The first-order valence-corrected chi connectivity index (χ1v) is 5.39. The summed E-state index contributed by atoms with van der Waals surface area (Å²) in [7, 11) is 6.45. The van der Waals surface area contributed by atoms with Gasteiger partial charge in [0.25, 0.3) is 0 Å². The Balaban J connectivity index is 0.00000225. The molecule has 1 rings (SSSR count). The lowest BCUT2D eigenvalue weighted by Gasteiger charge is -2.28. The third kappa shape index (κ3) is 3.35. The summed E-state index contributed by atoms with van der Waals surface area (Å²) >= 11 is 0. The van der Waals surface area contributed by atoms with Crippen LogP contribution in [0.5, 0.6) is 5.75 Å². The van der Waals surface area contributed by atoms with Gasteiger partial charge in [-0.05, 0) is 24.5 Å². The smallest absolute Gasteiger partial charge is 0.136 e. The molecule has 0 aromatic heterocycles. The van der Waals surface area contributed by atoms with Gasteiger partial charge in [0.15, 0.2) is 0 Å². The number of quaternary nitrogens is 1. The lowest BCUT2D eigenvalue weighted by molar-refractivity contribution is -0.00000461. The number of aryl methyl sites for hydroxylation is 1. The number of halogens is 1. The summed E-state index contributed by atoms with van der Waals surface area (Å²) in [5.74, 6) is 0.833. The summed E-state index contributed by atoms with van der Waals surface area (Å²) in [6, 6.07) is 3.99. The van der Waals surface area contributed by atoms with Gasteiger partial charge in [-0.3, -0.25) is 4.48 Å². The highest BCUT2D eigenvalue weighted by atomic mass is 127. The van der Waals surface area contributed by atoms with Crippen molar-refractivity contribution in [1.82, 2.24) is 4.48 Å². The normalized spacial score (nSPS) is 11.4. The van der Waals surface area contributed by atoms with Crippen LogP contribution in [0.25, 0.3) is 0 Å². The van der Waals surface area contributed by atoms with Crippen LogP contribution < -0.4 is 28.5 Å². The molecule has 0 unspecified atom stereocenters. The SMILES string of the molecule is Cc1cc([N+](C)(C)C)c(C(C)C)cc1O.[I-]. The molecule has 0 fully saturated rings. The van der Waals surface area contributed by atoms with E-state index in [0.29, 0.717) is 11.7 Å². The van der Waals surface area contributed by atoms with Gasteiger partial charge in [-0.1, -0.05) is 13.8 Å². The molecule has 1 aromatic carbocycles. The number of phenols is 1. The summed E-state index contributed by atoms with van der Waals surface area (Å²) in [6.07, 6.45) is 0. The molecule has 0 saturated heterocycles. The lowest BCUT2D eigenvalue weighted by Crippen LogP contribution is -3.00. The molecule has 1 aromatic rings. The highest BCUT2D eigenvalue weighted by Gasteiger charge is 2.21. The fraction of sp³-hybridized carbons (Fsp3) is 0.538. The monoisotopic (exact) mass is 335 g/mol. The maximum atomic E-state index is 9.73. The minimum Gasteiger partial charge on any atom is -1.00 e. The third-order valence-corrected chi connectivity index (χ3v) is 2.69. The maximum Gasteiger partial charge on any atom is 0.136 e. The minimum absolute atomic E-state index is 0. The van der Waals surface area contributed by atoms with Crippen molar-refractivity contribution in [1.29, 1.82) is 0 Å². The molecule has 0 aliphatic heterocycles. The number of phenolic OH excluding ortho intramolecular Hbond substituents is 1. The molecule has 0 atom stereocenters. The quantitative estimate of drug-likeness (QED) is 0.597. The van der Waals surface area contributed by atoms with E-state index in [1.54, 1.807) is 0 Å². The Morgan fingerprint density at radius 3 is 2.00 bits per heavy atom. The van der Waals surface area contributed by atoms with E-state index in [0.717, 1.165) is 10.0 Å². The zero-order valence-corrected chi connectivity index (χ0v) is 13.2. The Hall–Kier alpha value is -0.290. The average molecular weight is 335 g/mol. The topological polar surface area (TPSA) is 20.2 Å². The van der Waals surface area contributed by atoms with E-state index in [1.165, 1.54) is 11.3 Å². The molecule has 0 bridgehead atoms. The van der Waals surface area contributed by atoms with E-state index in [9.17, 15) is 5.11 Å². The highest BCUT2D eigenvalue weighted by Crippen LogP contribution is 2.34. The van der Waals surface area contributed by atoms with Crippen molar-refractivity contribution in [2.45, 2.75) is 26.7 Å². The number of rotatable bonds is 2. The summed E-state index contributed by atoms with van der Waals surface area (Å²) < 4.78 is 0.786. The van der Waals surface area contributed by atoms with E-state index in [2.05, 4.69) is 41.1 Å². The first-order chi connectivity index (χ1) is 6.73. The largest absolute Gasteiger partial charge is 1.00 e. The molecule has 1 N–H and O–H groups in total. The van der Waals surface area contributed by atoms with E-state index in [-0.39, 0.29) is 24.0 Å². The molecule has 0 aliphatic rings. The van der Waals surface area contributed by atoms with Gasteiger partial charge in [-0.2, -0.15) is 0 Å². The van der Waals surface area contributed by atoms with Crippen LogP contribution in [0.2, 0.25) is 0 Å². The second-order valence-corrected chi connectivity index (χ2v) is 5.36. The van der Waals surface area contributed by atoms with Crippen LogP contribution in [-0.2, 0) is 0 Å². The molecule has 3 heteroatoms. The van der Waals surface area contributed by atoms with Gasteiger partial charge < -0.3 is 29.1 Å². The standard InChI is InChI=1S/C13H21NO.HI/c1-9(2)11-8-13(15)10(3)7-12(11)14(4,5)6;/h7-9H,1-6H3;1H. The van der Waals surface area contributed by atoms with Gasteiger partial charge in [0, 0.05) is 11.6 Å². The molecule has 0 radical (unpaired) electrons. The van der Waals surface area contributed by atoms with E-state index < -0.39 is 0 Å². The van der Waals surface area contributed by atoms with Crippen LogP contribution >= 0.6 is 0 Å². The van der Waals surface area contributed by atoms with Crippen LogP contribution in [0.15, 0.2) is 12.1 Å². The van der Waals surface area contributed by atoms with Crippen molar-refractivity contribution in [3.05, 3.63) is 23.3 Å². The molecular weight excluding hydrogens is 313 g/mol. The first kappa shape index (κ1) is 15.7. The Morgan fingerprint density at radius 2 is 1.62 bits per heavy atom. The fourth-order valence-electron chi connectivity index (χ4n) is 1.74. The molecule has 92 valence electrons. The second-order valence-electron chi connectivity index (χ2n) is 5.36. The number of nitrogens with zero attached hydrogens (tertiary/aromatic N) is 1. The van der Waals surface area contributed by atoms with E-state index >= 15 is 0 Å². The minimum atomic E-state index is 0. The van der Waals surface area contributed by atoms with Crippen LogP contribution in [0.3, 0.4) is 0 Å². The molecule has 0 saturated carbocycles. The zero-order valence-electron chi connectivity index (χ0n) is 11.0. The van der Waals surface area contributed by atoms with Gasteiger partial charge in [-0.25, -0.2) is 0 Å². The maximum absolute atomic E-state index is 9.73. The molecular formula is C13H22INO. The zero-order chi connectivity index (χ0) is 11.8. The Kier molecular flexibility index (Phi) is 5.26. The predicted molar refractivity (Wildman–Crippen MR) is 66.5 cm³/mol. The van der Waals surface area contributed by atoms with Crippen molar-refractivity contribution in [2.24, 2.45) is 0 Å². The summed E-state index contributed by atoms with van der Waals surface area (Å²) in [6.45, 7) is 6.26. The van der Waals surface area contributed by atoms with Gasteiger partial charge in [-0.15, -0.1) is 0 Å². The van der Waals surface area contributed by atoms with Crippen molar-refractivity contribution >= 4 is 5.69 Å². The van der Waals surface area contributed by atoms with Crippen LogP contribution in [0, 0.1) is 6.92 Å². The number of aromatic hydroxyl groups is 1. The van der Waals surface area contributed by atoms with Crippen molar-refractivity contribution < 1.29 is 29.1 Å². The van der Waals surface area contributed by atoms with Gasteiger partial charge in [0.2, 0.25) is 0 Å². The fourth-order valence-corrected chi connectivity index (χ4v) is 1.74. The molecule has 0 aliphatic carbocycles. The van der Waals surface area contributed by atoms with Gasteiger partial charge >= 0.3 is 0 Å². The Labute approximate surface area is 116 Å². The second kappa shape index (κ2) is 5.36. The molecule has 0 heterocycles. The average Bonchev–Trinajstić information content (AvgIpc) is 2.06. The van der Waals surface area contributed by atoms with Gasteiger partial charge in [0.05, 0.1) is 21.1 Å². The third-order valence-electron chi connectivity index (χ3n) is 2.69. The predicted octanol–water partition coefficient (Wildman–Crippen LogP) is 0.0247. The number of hydrogen-bond donors (Lipinski definition) is 1. The van der Waals surface area contributed by atoms with E-state index in [1.807, 2.05) is 13.0 Å². The van der Waals surface area contributed by atoms with Crippen molar-refractivity contribution in [3.8, 4) is 5.75 Å².